The second-order valence-electron chi connectivity index (χ2n) is 4.02. The molecular formula is C13H16N4. The van der Waals surface area contributed by atoms with E-state index in [1.807, 2.05) is 31.1 Å². The van der Waals surface area contributed by atoms with E-state index >= 15 is 0 Å². The molecule has 1 aromatic carbocycles. The van der Waals surface area contributed by atoms with Gasteiger partial charge in [-0.25, -0.2) is 0 Å². The molecule has 1 rings (SSSR count). The Morgan fingerprint density at radius 1 is 1.29 bits per heavy atom. The summed E-state index contributed by atoms with van der Waals surface area (Å²) in [6, 6.07) is 11.1. The molecule has 1 atom stereocenters. The molecule has 1 N–H and O–H groups in total. The molecule has 0 radical (unpaired) electrons. The van der Waals surface area contributed by atoms with Crippen molar-refractivity contribution >= 4 is 0 Å². The van der Waals surface area contributed by atoms with Crippen LogP contribution in [-0.4, -0.2) is 32.1 Å². The average molecular weight is 228 g/mol. The standard InChI is InChI=1S/C13H16N4/c1-17(2)8-7-16-13(10-15)12-6-4-3-5-11(12)9-14/h3-6,13,16H,7-8H2,1-2H3. The van der Waals surface area contributed by atoms with Gasteiger partial charge in [0.25, 0.3) is 0 Å². The highest BCUT2D eigenvalue weighted by Crippen LogP contribution is 2.16. The molecule has 0 aromatic heterocycles. The Morgan fingerprint density at radius 2 is 2.00 bits per heavy atom. The summed E-state index contributed by atoms with van der Waals surface area (Å²) in [5.74, 6) is 0. The van der Waals surface area contributed by atoms with Gasteiger partial charge >= 0.3 is 0 Å². The Bertz CT molecular complexity index is 439. The normalized spacial score (nSPS) is 11.8. The molecule has 0 aliphatic heterocycles. The maximum absolute atomic E-state index is 9.13. The summed E-state index contributed by atoms with van der Waals surface area (Å²) in [7, 11) is 3.96. The van der Waals surface area contributed by atoms with Crippen LogP contribution in [-0.2, 0) is 0 Å². The van der Waals surface area contributed by atoms with Gasteiger partial charge in [0.2, 0.25) is 0 Å². The Labute approximate surface area is 102 Å². The zero-order valence-electron chi connectivity index (χ0n) is 10.1. The molecule has 0 amide bonds. The van der Waals surface area contributed by atoms with Gasteiger partial charge in [0, 0.05) is 18.7 Å². The minimum atomic E-state index is -0.425. The van der Waals surface area contributed by atoms with Crippen LogP contribution in [0.15, 0.2) is 24.3 Å². The molecule has 0 bridgehead atoms. The van der Waals surface area contributed by atoms with Gasteiger partial charge in [0.1, 0.15) is 6.04 Å². The van der Waals surface area contributed by atoms with Crippen LogP contribution in [0.2, 0.25) is 0 Å². The summed E-state index contributed by atoms with van der Waals surface area (Å²) >= 11 is 0. The monoisotopic (exact) mass is 228 g/mol. The van der Waals surface area contributed by atoms with Crippen LogP contribution in [0, 0.1) is 22.7 Å². The van der Waals surface area contributed by atoms with Crippen molar-refractivity contribution in [1.29, 1.82) is 10.5 Å². The van der Waals surface area contributed by atoms with E-state index in [4.69, 9.17) is 10.5 Å². The van der Waals surface area contributed by atoms with E-state index in [9.17, 15) is 0 Å². The molecule has 0 fully saturated rings. The van der Waals surface area contributed by atoms with Crippen LogP contribution in [0.3, 0.4) is 0 Å². The average Bonchev–Trinajstić information content (AvgIpc) is 2.34. The second-order valence-corrected chi connectivity index (χ2v) is 4.02. The highest BCUT2D eigenvalue weighted by Gasteiger charge is 2.13. The minimum absolute atomic E-state index is 0.425. The van der Waals surface area contributed by atoms with Crippen LogP contribution in [0.5, 0.6) is 0 Å². The maximum atomic E-state index is 9.13. The van der Waals surface area contributed by atoms with Crippen molar-refractivity contribution in [2.24, 2.45) is 0 Å². The molecule has 4 nitrogen and oxygen atoms in total. The van der Waals surface area contributed by atoms with Crippen LogP contribution >= 0.6 is 0 Å². The summed E-state index contributed by atoms with van der Waals surface area (Å²) in [6.07, 6.45) is 0. The number of hydrogen-bond acceptors (Lipinski definition) is 4. The highest BCUT2D eigenvalue weighted by molar-refractivity contribution is 5.41. The number of nitrogens with one attached hydrogen (secondary N) is 1. The van der Waals surface area contributed by atoms with Crippen molar-refractivity contribution in [3.63, 3.8) is 0 Å². The number of nitrogens with zero attached hydrogens (tertiary/aromatic N) is 3. The van der Waals surface area contributed by atoms with Gasteiger partial charge in [-0.3, -0.25) is 5.32 Å². The summed E-state index contributed by atoms with van der Waals surface area (Å²) < 4.78 is 0. The van der Waals surface area contributed by atoms with Crippen molar-refractivity contribution in [3.05, 3.63) is 35.4 Å². The molecule has 0 saturated carbocycles. The molecule has 1 aromatic rings. The highest BCUT2D eigenvalue weighted by atomic mass is 15.1. The molecule has 0 saturated heterocycles. The molecule has 0 heterocycles. The smallest absolute Gasteiger partial charge is 0.122 e. The maximum Gasteiger partial charge on any atom is 0.122 e. The van der Waals surface area contributed by atoms with Gasteiger partial charge in [-0.05, 0) is 20.2 Å². The van der Waals surface area contributed by atoms with Crippen molar-refractivity contribution in [2.45, 2.75) is 6.04 Å². The SMILES string of the molecule is CN(C)CCNC(C#N)c1ccccc1C#N. The van der Waals surface area contributed by atoms with E-state index in [-0.39, 0.29) is 0 Å². The summed E-state index contributed by atoms with van der Waals surface area (Å²) in [6.45, 7) is 1.57. The molecule has 0 aliphatic carbocycles. The van der Waals surface area contributed by atoms with Gasteiger partial charge in [-0.2, -0.15) is 10.5 Å². The lowest BCUT2D eigenvalue weighted by Gasteiger charge is -2.15. The Hall–Kier alpha value is -1.88. The minimum Gasteiger partial charge on any atom is -0.308 e. The largest absolute Gasteiger partial charge is 0.308 e. The van der Waals surface area contributed by atoms with Gasteiger partial charge in [-0.15, -0.1) is 0 Å². The number of hydrogen-bond donors (Lipinski definition) is 1. The van der Waals surface area contributed by atoms with E-state index in [2.05, 4.69) is 17.5 Å². The van der Waals surface area contributed by atoms with Gasteiger partial charge in [-0.1, -0.05) is 18.2 Å². The summed E-state index contributed by atoms with van der Waals surface area (Å²) in [5.41, 5.74) is 1.30. The zero-order chi connectivity index (χ0) is 12.7. The molecule has 88 valence electrons. The third kappa shape index (κ3) is 3.88. The van der Waals surface area contributed by atoms with Crippen LogP contribution in [0.25, 0.3) is 0 Å². The van der Waals surface area contributed by atoms with Gasteiger partial charge in [0.15, 0.2) is 0 Å². The first-order chi connectivity index (χ1) is 8.19. The summed E-state index contributed by atoms with van der Waals surface area (Å²) in [5, 5.41) is 21.2. The van der Waals surface area contributed by atoms with Crippen molar-refractivity contribution in [2.75, 3.05) is 27.2 Å². The lowest BCUT2D eigenvalue weighted by Crippen LogP contribution is -2.29. The number of likely N-dealkylation sites (N-methyl/N-ethyl adjacent to an activating group) is 1. The molecular weight excluding hydrogens is 212 g/mol. The topological polar surface area (TPSA) is 62.9 Å². The fourth-order valence-electron chi connectivity index (χ4n) is 1.51. The molecule has 1 unspecified atom stereocenters. The molecule has 4 heteroatoms. The van der Waals surface area contributed by atoms with Crippen molar-refractivity contribution < 1.29 is 0 Å². The number of rotatable bonds is 5. The first-order valence-electron chi connectivity index (χ1n) is 5.45. The van der Waals surface area contributed by atoms with E-state index in [0.29, 0.717) is 12.1 Å². The van der Waals surface area contributed by atoms with Crippen LogP contribution in [0.1, 0.15) is 17.2 Å². The van der Waals surface area contributed by atoms with Crippen LogP contribution < -0.4 is 5.32 Å². The fourth-order valence-corrected chi connectivity index (χ4v) is 1.51. The molecule has 17 heavy (non-hydrogen) atoms. The summed E-state index contributed by atoms with van der Waals surface area (Å²) in [4.78, 5) is 2.04. The predicted octanol–water partition coefficient (Wildman–Crippen LogP) is 1.27. The van der Waals surface area contributed by atoms with E-state index in [0.717, 1.165) is 12.1 Å². The first-order valence-corrected chi connectivity index (χ1v) is 5.45. The number of benzene rings is 1. The van der Waals surface area contributed by atoms with E-state index in [1.54, 1.807) is 12.1 Å². The van der Waals surface area contributed by atoms with Gasteiger partial charge in [0.05, 0.1) is 17.7 Å². The third-order valence-electron chi connectivity index (χ3n) is 2.43. The van der Waals surface area contributed by atoms with Crippen LogP contribution in [0.4, 0.5) is 0 Å². The lowest BCUT2D eigenvalue weighted by molar-refractivity contribution is 0.395. The Morgan fingerprint density at radius 3 is 2.59 bits per heavy atom. The van der Waals surface area contributed by atoms with E-state index in [1.165, 1.54) is 0 Å². The first kappa shape index (κ1) is 13.2. The van der Waals surface area contributed by atoms with Gasteiger partial charge < -0.3 is 4.90 Å². The number of nitriles is 2. The quantitative estimate of drug-likeness (QED) is 0.824. The Balaban J connectivity index is 2.74. The molecule has 0 spiro atoms. The van der Waals surface area contributed by atoms with Crippen molar-refractivity contribution in [3.8, 4) is 12.1 Å². The lowest BCUT2D eigenvalue weighted by atomic mass is 10.0. The predicted molar refractivity (Wildman–Crippen MR) is 66.1 cm³/mol. The molecule has 0 aliphatic rings. The zero-order valence-corrected chi connectivity index (χ0v) is 10.1. The second kappa shape index (κ2) is 6.65. The third-order valence-corrected chi connectivity index (χ3v) is 2.43. The van der Waals surface area contributed by atoms with E-state index < -0.39 is 6.04 Å². The fraction of sp³-hybridized carbons (Fsp3) is 0.385. The Kier molecular flexibility index (Phi) is 5.16. The van der Waals surface area contributed by atoms with Crippen molar-refractivity contribution in [1.82, 2.24) is 10.2 Å².